The molecule has 96 valence electrons. The minimum Gasteiger partial charge on any atom is -0.496 e. The average molecular weight is 246 g/mol. The van der Waals surface area contributed by atoms with Crippen molar-refractivity contribution in [2.75, 3.05) is 7.11 Å². The van der Waals surface area contributed by atoms with Gasteiger partial charge in [0.15, 0.2) is 0 Å². The van der Waals surface area contributed by atoms with Crippen molar-refractivity contribution >= 4 is 11.0 Å². The Kier molecular flexibility index (Phi) is 3.16. The van der Waals surface area contributed by atoms with E-state index in [1.54, 1.807) is 14.0 Å². The molecule has 0 aliphatic heterocycles. The first kappa shape index (κ1) is 12.7. The fourth-order valence-corrected chi connectivity index (χ4v) is 2.30. The van der Waals surface area contributed by atoms with E-state index in [2.05, 4.69) is 13.8 Å². The number of methoxy groups -OCH3 is 1. The van der Waals surface area contributed by atoms with Gasteiger partial charge in [-0.2, -0.15) is 0 Å². The van der Waals surface area contributed by atoms with Gasteiger partial charge in [0.1, 0.15) is 11.3 Å². The fraction of sp³-hybridized carbons (Fsp3) is 0.400. The van der Waals surface area contributed by atoms with Gasteiger partial charge < -0.3 is 9.15 Å². The third kappa shape index (κ3) is 1.90. The Morgan fingerprint density at radius 3 is 2.39 bits per heavy atom. The Morgan fingerprint density at radius 2 is 1.83 bits per heavy atom. The van der Waals surface area contributed by atoms with Gasteiger partial charge in [0.25, 0.3) is 0 Å². The number of aryl methyl sites for hydroxylation is 2. The standard InChI is InChI=1S/C15H18O3/c1-8(2)13-11-6-10(4)15(16)18-14(11)9(3)7-12(13)17-5/h6-8H,1-5H3. The quantitative estimate of drug-likeness (QED) is 0.761. The van der Waals surface area contributed by atoms with Crippen LogP contribution in [0, 0.1) is 13.8 Å². The van der Waals surface area contributed by atoms with Gasteiger partial charge in [0.2, 0.25) is 0 Å². The number of hydrogen-bond donors (Lipinski definition) is 0. The van der Waals surface area contributed by atoms with Crippen LogP contribution >= 0.6 is 0 Å². The van der Waals surface area contributed by atoms with Crippen LogP contribution in [0.15, 0.2) is 21.3 Å². The van der Waals surface area contributed by atoms with Crippen molar-refractivity contribution in [1.29, 1.82) is 0 Å². The molecule has 0 aliphatic carbocycles. The van der Waals surface area contributed by atoms with Gasteiger partial charge in [-0.3, -0.25) is 0 Å². The van der Waals surface area contributed by atoms with E-state index >= 15 is 0 Å². The molecule has 2 rings (SSSR count). The zero-order chi connectivity index (χ0) is 13.4. The SMILES string of the molecule is COc1cc(C)c2oc(=O)c(C)cc2c1C(C)C. The molecule has 2 aromatic rings. The third-order valence-electron chi connectivity index (χ3n) is 3.18. The lowest BCUT2D eigenvalue weighted by Crippen LogP contribution is -2.05. The molecule has 0 atom stereocenters. The van der Waals surface area contributed by atoms with Crippen LogP contribution in [0.3, 0.4) is 0 Å². The smallest absolute Gasteiger partial charge is 0.339 e. The Balaban J connectivity index is 2.98. The van der Waals surface area contributed by atoms with Crippen molar-refractivity contribution in [3.05, 3.63) is 39.2 Å². The lowest BCUT2D eigenvalue weighted by atomic mass is 9.95. The van der Waals surface area contributed by atoms with Crippen LogP contribution in [0.2, 0.25) is 0 Å². The van der Waals surface area contributed by atoms with Gasteiger partial charge in [0.05, 0.1) is 7.11 Å². The Morgan fingerprint density at radius 1 is 1.17 bits per heavy atom. The molecule has 0 saturated carbocycles. The third-order valence-corrected chi connectivity index (χ3v) is 3.18. The summed E-state index contributed by atoms with van der Waals surface area (Å²) in [6.07, 6.45) is 0. The van der Waals surface area contributed by atoms with Gasteiger partial charge in [0, 0.05) is 16.5 Å². The number of rotatable bonds is 2. The first-order valence-electron chi connectivity index (χ1n) is 6.07. The molecule has 0 saturated heterocycles. The van der Waals surface area contributed by atoms with Crippen molar-refractivity contribution in [1.82, 2.24) is 0 Å². The first-order valence-corrected chi connectivity index (χ1v) is 6.07. The topological polar surface area (TPSA) is 39.4 Å². The zero-order valence-corrected chi connectivity index (χ0v) is 11.5. The fourth-order valence-electron chi connectivity index (χ4n) is 2.30. The van der Waals surface area contributed by atoms with E-state index in [4.69, 9.17) is 9.15 Å². The predicted octanol–water partition coefficient (Wildman–Crippen LogP) is 3.54. The molecule has 0 spiro atoms. The van der Waals surface area contributed by atoms with Crippen LogP contribution in [0.4, 0.5) is 0 Å². The molecule has 0 fully saturated rings. The maximum absolute atomic E-state index is 11.6. The molecule has 0 aliphatic rings. The number of benzene rings is 1. The van der Waals surface area contributed by atoms with Crippen molar-refractivity contribution in [2.45, 2.75) is 33.6 Å². The summed E-state index contributed by atoms with van der Waals surface area (Å²) in [5.41, 5.74) is 3.02. The largest absolute Gasteiger partial charge is 0.496 e. The summed E-state index contributed by atoms with van der Waals surface area (Å²) in [4.78, 5) is 11.6. The van der Waals surface area contributed by atoms with Crippen molar-refractivity contribution < 1.29 is 9.15 Å². The molecule has 1 aromatic carbocycles. The second-order valence-corrected chi connectivity index (χ2v) is 4.92. The molecule has 0 N–H and O–H groups in total. The number of ether oxygens (including phenoxy) is 1. The predicted molar refractivity (Wildman–Crippen MR) is 72.6 cm³/mol. The highest BCUT2D eigenvalue weighted by Gasteiger charge is 2.16. The van der Waals surface area contributed by atoms with E-state index in [1.807, 2.05) is 19.1 Å². The van der Waals surface area contributed by atoms with Crippen LogP contribution in [0.1, 0.15) is 36.5 Å². The van der Waals surface area contributed by atoms with Crippen LogP contribution in [0.25, 0.3) is 11.0 Å². The number of fused-ring (bicyclic) bond motifs is 1. The summed E-state index contributed by atoms with van der Waals surface area (Å²) >= 11 is 0. The first-order chi connectivity index (χ1) is 8.45. The molecule has 0 unspecified atom stereocenters. The summed E-state index contributed by atoms with van der Waals surface area (Å²) in [5, 5.41) is 0.971. The Bertz CT molecular complexity index is 651. The van der Waals surface area contributed by atoms with Crippen LogP contribution < -0.4 is 10.4 Å². The van der Waals surface area contributed by atoms with Gasteiger partial charge in [-0.25, -0.2) is 4.79 Å². The van der Waals surface area contributed by atoms with E-state index in [1.165, 1.54) is 0 Å². The van der Waals surface area contributed by atoms with Gasteiger partial charge in [-0.05, 0) is 37.5 Å². The maximum Gasteiger partial charge on any atom is 0.339 e. The van der Waals surface area contributed by atoms with E-state index in [9.17, 15) is 4.79 Å². The van der Waals surface area contributed by atoms with Gasteiger partial charge in [-0.15, -0.1) is 0 Å². The molecule has 3 heteroatoms. The van der Waals surface area contributed by atoms with Crippen LogP contribution in [0.5, 0.6) is 5.75 Å². The highest BCUT2D eigenvalue weighted by atomic mass is 16.5. The summed E-state index contributed by atoms with van der Waals surface area (Å²) in [5.74, 6) is 1.15. The molecule has 18 heavy (non-hydrogen) atoms. The molecular formula is C15H18O3. The minimum atomic E-state index is -0.273. The van der Waals surface area contributed by atoms with E-state index in [0.29, 0.717) is 17.1 Å². The van der Waals surface area contributed by atoms with Crippen molar-refractivity contribution in [3.8, 4) is 5.75 Å². The summed E-state index contributed by atoms with van der Waals surface area (Å²) in [6, 6.07) is 3.82. The Labute approximate surface area is 106 Å². The van der Waals surface area contributed by atoms with E-state index in [-0.39, 0.29) is 5.63 Å². The van der Waals surface area contributed by atoms with Gasteiger partial charge >= 0.3 is 5.63 Å². The van der Waals surface area contributed by atoms with Crippen molar-refractivity contribution in [3.63, 3.8) is 0 Å². The highest BCUT2D eigenvalue weighted by molar-refractivity contribution is 5.86. The Hall–Kier alpha value is -1.77. The van der Waals surface area contributed by atoms with Crippen molar-refractivity contribution in [2.24, 2.45) is 0 Å². The van der Waals surface area contributed by atoms with Crippen LogP contribution in [-0.4, -0.2) is 7.11 Å². The van der Waals surface area contributed by atoms with Gasteiger partial charge in [-0.1, -0.05) is 13.8 Å². The normalized spacial score (nSPS) is 11.2. The zero-order valence-electron chi connectivity index (χ0n) is 11.5. The molecular weight excluding hydrogens is 228 g/mol. The molecule has 0 radical (unpaired) electrons. The molecule has 3 nitrogen and oxygen atoms in total. The number of hydrogen-bond acceptors (Lipinski definition) is 3. The van der Waals surface area contributed by atoms with E-state index < -0.39 is 0 Å². The molecule has 0 bridgehead atoms. The molecule has 0 amide bonds. The summed E-state index contributed by atoms with van der Waals surface area (Å²) in [7, 11) is 1.67. The lowest BCUT2D eigenvalue weighted by molar-refractivity contribution is 0.407. The average Bonchev–Trinajstić information content (AvgIpc) is 2.30. The highest BCUT2D eigenvalue weighted by Crippen LogP contribution is 2.35. The lowest BCUT2D eigenvalue weighted by Gasteiger charge is -2.16. The molecule has 1 aromatic heterocycles. The monoisotopic (exact) mass is 246 g/mol. The van der Waals surface area contributed by atoms with Crippen LogP contribution in [-0.2, 0) is 0 Å². The summed E-state index contributed by atoms with van der Waals surface area (Å²) < 4.78 is 10.8. The second-order valence-electron chi connectivity index (χ2n) is 4.92. The van der Waals surface area contributed by atoms with E-state index in [0.717, 1.165) is 22.3 Å². The minimum absolute atomic E-state index is 0.273. The second kappa shape index (κ2) is 4.48. The summed E-state index contributed by atoms with van der Waals surface area (Å²) in [6.45, 7) is 7.90. The molecule has 1 heterocycles. The maximum atomic E-state index is 11.6.